The lowest BCUT2D eigenvalue weighted by atomic mass is 9.97. The van der Waals surface area contributed by atoms with E-state index >= 15 is 0 Å². The van der Waals surface area contributed by atoms with Crippen molar-refractivity contribution in [3.05, 3.63) is 53.4 Å². The molecule has 1 aliphatic heterocycles. The number of aryl methyl sites for hydroxylation is 1. The van der Waals surface area contributed by atoms with Gasteiger partial charge in [-0.15, -0.1) is 11.3 Å². The van der Waals surface area contributed by atoms with Gasteiger partial charge in [0.25, 0.3) is 0 Å². The van der Waals surface area contributed by atoms with Gasteiger partial charge in [-0.05, 0) is 56.2 Å². The Hall–Kier alpha value is -2.80. The highest BCUT2D eigenvalue weighted by molar-refractivity contribution is 7.93. The number of sulfone groups is 1. The summed E-state index contributed by atoms with van der Waals surface area (Å²) in [7, 11) is -6.14. The number of piperidine rings is 1. The van der Waals surface area contributed by atoms with Crippen LogP contribution >= 0.6 is 11.3 Å². The first-order valence-electron chi connectivity index (χ1n) is 11.2. The van der Waals surface area contributed by atoms with Crippen LogP contribution in [0.2, 0.25) is 0 Å². The van der Waals surface area contributed by atoms with Crippen molar-refractivity contribution in [2.24, 2.45) is 5.92 Å². The molecule has 36 heavy (non-hydrogen) atoms. The summed E-state index contributed by atoms with van der Waals surface area (Å²) in [5, 5.41) is 3.36. The third kappa shape index (κ3) is 5.46. The number of aromatic nitrogens is 1. The number of hydrogen-bond donors (Lipinski definition) is 1. The number of methoxy groups -OCH3 is 1. The number of carbonyl (C=O) groups excluding carboxylic acids is 1. The number of thiazole rings is 1. The molecule has 0 aliphatic carbocycles. The minimum Gasteiger partial charge on any atom is -0.497 e. The highest BCUT2D eigenvalue weighted by Gasteiger charge is 2.34. The maximum atomic E-state index is 13.2. The second-order valence-corrected chi connectivity index (χ2v) is 13.6. The molecule has 0 bridgehead atoms. The average molecular weight is 550 g/mol. The summed E-state index contributed by atoms with van der Waals surface area (Å²) < 4.78 is 57.0. The molecule has 1 aliphatic rings. The van der Waals surface area contributed by atoms with Gasteiger partial charge in [-0.25, -0.2) is 21.8 Å². The minimum absolute atomic E-state index is 0.118. The molecule has 3 aromatic rings. The van der Waals surface area contributed by atoms with Crippen LogP contribution in [0.4, 0.5) is 5.13 Å². The standard InChI is InChI=1S/C24H27N3O6S3/c1-16-22(17-8-10-19(33-2)11-9-17)25-24(34-16)26-23(28)18-12-14-27(15-13-18)36(31,32)21-7-5-4-6-20(21)35(3,29)30/h4-11,18H,12-15H2,1-3H3,(H,25,26,28). The van der Waals surface area contributed by atoms with Gasteiger partial charge in [0.2, 0.25) is 15.9 Å². The van der Waals surface area contributed by atoms with Crippen molar-refractivity contribution in [3.63, 3.8) is 0 Å². The van der Waals surface area contributed by atoms with Gasteiger partial charge in [-0.2, -0.15) is 4.31 Å². The Morgan fingerprint density at radius 1 is 1.03 bits per heavy atom. The molecule has 12 heteroatoms. The predicted molar refractivity (Wildman–Crippen MR) is 139 cm³/mol. The number of anilines is 1. The topological polar surface area (TPSA) is 123 Å². The largest absolute Gasteiger partial charge is 0.497 e. The third-order valence-electron chi connectivity index (χ3n) is 6.08. The van der Waals surface area contributed by atoms with Crippen molar-refractivity contribution in [2.75, 3.05) is 31.8 Å². The molecule has 0 radical (unpaired) electrons. The SMILES string of the molecule is COc1ccc(-c2nc(NC(=O)C3CCN(S(=O)(=O)c4ccccc4S(C)(=O)=O)CC3)sc2C)cc1. The fourth-order valence-electron chi connectivity index (χ4n) is 4.14. The van der Waals surface area contributed by atoms with E-state index < -0.39 is 19.9 Å². The Labute approximate surface area is 215 Å². The molecule has 1 amide bonds. The number of benzene rings is 2. The van der Waals surface area contributed by atoms with Crippen LogP contribution in [-0.4, -0.2) is 58.5 Å². The maximum Gasteiger partial charge on any atom is 0.244 e. The van der Waals surface area contributed by atoms with Crippen LogP contribution in [0.1, 0.15) is 17.7 Å². The maximum absolute atomic E-state index is 13.2. The summed E-state index contributed by atoms with van der Waals surface area (Å²) in [4.78, 5) is 18.0. The first-order chi connectivity index (χ1) is 17.0. The number of ether oxygens (including phenoxy) is 1. The van der Waals surface area contributed by atoms with Gasteiger partial charge in [-0.1, -0.05) is 12.1 Å². The number of nitrogens with one attached hydrogen (secondary N) is 1. The Balaban J connectivity index is 1.42. The van der Waals surface area contributed by atoms with Crippen molar-refractivity contribution in [3.8, 4) is 17.0 Å². The monoisotopic (exact) mass is 549 g/mol. The predicted octanol–water partition coefficient (Wildman–Crippen LogP) is 3.57. The summed E-state index contributed by atoms with van der Waals surface area (Å²) in [6.45, 7) is 2.17. The molecule has 1 fully saturated rings. The van der Waals surface area contributed by atoms with E-state index in [1.807, 2.05) is 31.2 Å². The number of sulfonamides is 1. The molecule has 0 atom stereocenters. The van der Waals surface area contributed by atoms with E-state index in [1.165, 1.54) is 39.9 Å². The van der Waals surface area contributed by atoms with E-state index in [4.69, 9.17) is 4.74 Å². The van der Waals surface area contributed by atoms with Crippen LogP contribution in [0, 0.1) is 12.8 Å². The van der Waals surface area contributed by atoms with Crippen LogP contribution in [-0.2, 0) is 24.7 Å². The molecule has 1 saturated heterocycles. The zero-order valence-corrected chi connectivity index (χ0v) is 22.5. The van der Waals surface area contributed by atoms with Crippen molar-refractivity contribution in [1.29, 1.82) is 0 Å². The van der Waals surface area contributed by atoms with Crippen molar-refractivity contribution >= 4 is 42.2 Å². The lowest BCUT2D eigenvalue weighted by Gasteiger charge is -2.30. The second-order valence-electron chi connectivity index (χ2n) is 8.54. The Kier molecular flexibility index (Phi) is 7.51. The van der Waals surface area contributed by atoms with Crippen LogP contribution in [0.5, 0.6) is 5.75 Å². The molecule has 192 valence electrons. The molecule has 1 N–H and O–H groups in total. The van der Waals surface area contributed by atoms with Crippen LogP contribution in [0.25, 0.3) is 11.3 Å². The fourth-order valence-corrected chi connectivity index (χ4v) is 8.05. The van der Waals surface area contributed by atoms with Gasteiger partial charge in [0, 0.05) is 35.7 Å². The average Bonchev–Trinajstić information content (AvgIpc) is 3.23. The molecule has 0 saturated carbocycles. The summed E-state index contributed by atoms with van der Waals surface area (Å²) in [5.41, 5.74) is 1.70. The lowest BCUT2D eigenvalue weighted by molar-refractivity contribution is -0.120. The van der Waals surface area contributed by atoms with Gasteiger partial charge in [-0.3, -0.25) is 4.79 Å². The Bertz CT molecular complexity index is 1470. The van der Waals surface area contributed by atoms with E-state index in [2.05, 4.69) is 10.3 Å². The minimum atomic E-state index is -4.02. The number of hydrogen-bond acceptors (Lipinski definition) is 8. The summed E-state index contributed by atoms with van der Waals surface area (Å²) in [6, 6.07) is 13.1. The fraction of sp³-hybridized carbons (Fsp3) is 0.333. The van der Waals surface area contributed by atoms with Gasteiger partial charge >= 0.3 is 0 Å². The van der Waals surface area contributed by atoms with E-state index in [1.54, 1.807) is 7.11 Å². The zero-order chi connectivity index (χ0) is 26.1. The smallest absolute Gasteiger partial charge is 0.244 e. The molecular weight excluding hydrogens is 522 g/mol. The Morgan fingerprint density at radius 3 is 2.22 bits per heavy atom. The highest BCUT2D eigenvalue weighted by atomic mass is 32.2. The first kappa shape index (κ1) is 26.3. The van der Waals surface area contributed by atoms with Gasteiger partial charge in [0.1, 0.15) is 10.6 Å². The normalized spacial score (nSPS) is 15.5. The summed E-state index contributed by atoms with van der Waals surface area (Å²) in [5.74, 6) is 0.155. The third-order valence-corrected chi connectivity index (χ3v) is 10.2. The van der Waals surface area contributed by atoms with Crippen molar-refractivity contribution in [1.82, 2.24) is 9.29 Å². The second kappa shape index (κ2) is 10.3. The van der Waals surface area contributed by atoms with E-state index in [9.17, 15) is 21.6 Å². The molecule has 0 unspecified atom stereocenters. The summed E-state index contributed by atoms with van der Waals surface area (Å²) >= 11 is 1.38. The number of rotatable bonds is 7. The summed E-state index contributed by atoms with van der Waals surface area (Å²) in [6.07, 6.45) is 1.63. The molecule has 2 heterocycles. The molecular formula is C24H27N3O6S3. The van der Waals surface area contributed by atoms with Crippen LogP contribution in [0.15, 0.2) is 58.3 Å². The van der Waals surface area contributed by atoms with E-state index in [0.29, 0.717) is 18.0 Å². The van der Waals surface area contributed by atoms with Crippen molar-refractivity contribution in [2.45, 2.75) is 29.6 Å². The zero-order valence-electron chi connectivity index (χ0n) is 20.1. The number of carbonyl (C=O) groups is 1. The quantitative estimate of drug-likeness (QED) is 0.478. The van der Waals surface area contributed by atoms with Crippen LogP contribution < -0.4 is 10.1 Å². The molecule has 1 aromatic heterocycles. The molecule has 9 nitrogen and oxygen atoms in total. The molecule has 4 rings (SSSR count). The lowest BCUT2D eigenvalue weighted by Crippen LogP contribution is -2.41. The van der Waals surface area contributed by atoms with E-state index in [-0.39, 0.29) is 34.7 Å². The van der Waals surface area contributed by atoms with Gasteiger partial charge in [0.05, 0.1) is 17.7 Å². The van der Waals surface area contributed by atoms with Crippen LogP contribution in [0.3, 0.4) is 0 Å². The van der Waals surface area contributed by atoms with Crippen molar-refractivity contribution < 1.29 is 26.4 Å². The van der Waals surface area contributed by atoms with E-state index in [0.717, 1.165) is 28.1 Å². The number of nitrogens with zero attached hydrogens (tertiary/aromatic N) is 2. The Morgan fingerprint density at radius 2 is 1.64 bits per heavy atom. The molecule has 0 spiro atoms. The highest BCUT2D eigenvalue weighted by Crippen LogP contribution is 2.33. The molecule has 2 aromatic carbocycles. The first-order valence-corrected chi connectivity index (χ1v) is 15.4. The van der Waals surface area contributed by atoms with Gasteiger partial charge in [0.15, 0.2) is 15.0 Å². The number of amides is 1. The van der Waals surface area contributed by atoms with Gasteiger partial charge < -0.3 is 10.1 Å².